The van der Waals surface area contributed by atoms with E-state index in [0.717, 1.165) is 34.0 Å². The lowest BCUT2D eigenvalue weighted by Crippen LogP contribution is -2.30. The summed E-state index contributed by atoms with van der Waals surface area (Å²) in [5.41, 5.74) is 7.08. The number of hydrogen-bond acceptors (Lipinski definition) is 3. The van der Waals surface area contributed by atoms with Crippen LogP contribution in [0.3, 0.4) is 0 Å². The van der Waals surface area contributed by atoms with Crippen LogP contribution in [0.2, 0.25) is 0 Å². The lowest BCUT2D eigenvalue weighted by molar-refractivity contribution is -0.115. The summed E-state index contributed by atoms with van der Waals surface area (Å²) in [7, 11) is 0. The van der Waals surface area contributed by atoms with Crippen molar-refractivity contribution in [2.45, 2.75) is 39.3 Å². The number of rotatable bonds is 6. The zero-order chi connectivity index (χ0) is 25.2. The molecule has 2 aromatic carbocycles. The second kappa shape index (κ2) is 9.95. The van der Waals surface area contributed by atoms with Crippen LogP contribution >= 0.6 is 12.2 Å². The Balaban J connectivity index is 1.61. The fourth-order valence-electron chi connectivity index (χ4n) is 4.69. The van der Waals surface area contributed by atoms with Crippen molar-refractivity contribution in [3.8, 4) is 5.69 Å². The highest BCUT2D eigenvalue weighted by molar-refractivity contribution is 7.80. The van der Waals surface area contributed by atoms with Gasteiger partial charge < -0.3 is 20.1 Å². The Morgan fingerprint density at radius 1 is 1.03 bits per heavy atom. The predicted molar refractivity (Wildman–Crippen MR) is 149 cm³/mol. The molecule has 36 heavy (non-hydrogen) atoms. The van der Waals surface area contributed by atoms with Gasteiger partial charge in [-0.25, -0.2) is 0 Å². The third-order valence-corrected chi connectivity index (χ3v) is 6.89. The highest BCUT2D eigenvalue weighted by atomic mass is 32.1. The Hall–Kier alpha value is -3.97. The van der Waals surface area contributed by atoms with Crippen LogP contribution in [0, 0.1) is 13.8 Å². The molecule has 6 nitrogen and oxygen atoms in total. The molecule has 0 bridgehead atoms. The van der Waals surface area contributed by atoms with Crippen LogP contribution in [0.25, 0.3) is 5.69 Å². The third-order valence-electron chi connectivity index (χ3n) is 6.58. The van der Waals surface area contributed by atoms with Crippen molar-refractivity contribution in [3.05, 3.63) is 108 Å². The maximum atomic E-state index is 12.0. The first-order chi connectivity index (χ1) is 17.5. The van der Waals surface area contributed by atoms with Gasteiger partial charge in [-0.05, 0) is 86.2 Å². The number of anilines is 2. The number of thiocarbonyl (C=S) groups is 1. The number of aromatic nitrogens is 2. The molecule has 0 aliphatic carbocycles. The molecule has 2 N–H and O–H groups in total. The van der Waals surface area contributed by atoms with E-state index in [4.69, 9.17) is 12.2 Å². The van der Waals surface area contributed by atoms with E-state index in [1.807, 2.05) is 50.4 Å². The third kappa shape index (κ3) is 4.50. The second-order valence-corrected chi connectivity index (χ2v) is 9.42. The molecule has 0 saturated carbocycles. The van der Waals surface area contributed by atoms with E-state index in [1.54, 1.807) is 0 Å². The van der Waals surface area contributed by atoms with Crippen LogP contribution in [0.5, 0.6) is 0 Å². The standard InChI is InChI=1S/C29H29N5OS/c1-4-26(35)31-23-15-14-22(18-20(23)3)34-28(27(32-29(34)36)24-8-5-6-16-30-24)25-9-7-17-33(25)21-12-10-19(2)11-13-21/h5-18,27-28H,4H2,1-3H3,(H,31,35)(H,32,36)/t27-,28+/m1/s1. The first kappa shape index (κ1) is 23.8. The SMILES string of the molecule is CCC(=O)Nc1ccc(N2C(=S)N[C@H](c3ccccn3)[C@@H]2c2cccn2-c2ccc(C)cc2)cc1C. The molecule has 1 fully saturated rings. The number of carbonyl (C=O) groups excluding carboxylic acids is 1. The molecule has 2 atom stereocenters. The first-order valence-electron chi connectivity index (χ1n) is 12.1. The summed E-state index contributed by atoms with van der Waals surface area (Å²) in [4.78, 5) is 18.8. The van der Waals surface area contributed by atoms with E-state index in [0.29, 0.717) is 11.5 Å². The van der Waals surface area contributed by atoms with Gasteiger partial charge in [0.15, 0.2) is 5.11 Å². The van der Waals surface area contributed by atoms with Crippen molar-refractivity contribution in [2.24, 2.45) is 0 Å². The molecule has 1 saturated heterocycles. The summed E-state index contributed by atoms with van der Waals surface area (Å²) in [6, 6.07) is 24.4. The average Bonchev–Trinajstić information content (AvgIpc) is 3.50. The summed E-state index contributed by atoms with van der Waals surface area (Å²) in [6.07, 6.45) is 4.34. The van der Waals surface area contributed by atoms with Crippen molar-refractivity contribution in [3.63, 3.8) is 0 Å². The molecule has 1 aliphatic heterocycles. The normalized spacial score (nSPS) is 17.2. The van der Waals surface area contributed by atoms with E-state index >= 15 is 0 Å². The van der Waals surface area contributed by atoms with Gasteiger partial charge in [-0.1, -0.05) is 30.7 Å². The summed E-state index contributed by atoms with van der Waals surface area (Å²) in [5, 5.41) is 7.15. The minimum atomic E-state index is -0.141. The Bertz CT molecular complexity index is 1400. The van der Waals surface area contributed by atoms with Crippen molar-refractivity contribution in [2.75, 3.05) is 10.2 Å². The van der Waals surface area contributed by atoms with Crippen molar-refractivity contribution in [1.82, 2.24) is 14.9 Å². The van der Waals surface area contributed by atoms with Gasteiger partial charge in [0.1, 0.15) is 6.04 Å². The number of nitrogens with zero attached hydrogens (tertiary/aromatic N) is 3. The average molecular weight is 496 g/mol. The number of carbonyl (C=O) groups is 1. The predicted octanol–water partition coefficient (Wildman–Crippen LogP) is 6.01. The molecule has 0 spiro atoms. The number of aryl methyl sites for hydroxylation is 2. The van der Waals surface area contributed by atoms with Gasteiger partial charge in [0.05, 0.1) is 11.7 Å². The van der Waals surface area contributed by atoms with E-state index in [1.165, 1.54) is 5.56 Å². The molecule has 182 valence electrons. The van der Waals surface area contributed by atoms with Gasteiger partial charge in [-0.3, -0.25) is 9.78 Å². The van der Waals surface area contributed by atoms with Crippen LogP contribution in [0.4, 0.5) is 11.4 Å². The number of nitrogens with one attached hydrogen (secondary N) is 2. The number of pyridine rings is 1. The quantitative estimate of drug-likeness (QED) is 0.321. The van der Waals surface area contributed by atoms with E-state index in [2.05, 4.69) is 80.7 Å². The Morgan fingerprint density at radius 2 is 1.81 bits per heavy atom. The molecular weight excluding hydrogens is 466 g/mol. The number of amides is 1. The molecule has 2 aromatic heterocycles. The molecule has 1 amide bonds. The summed E-state index contributed by atoms with van der Waals surface area (Å²) >= 11 is 5.90. The van der Waals surface area contributed by atoms with Crippen molar-refractivity contribution >= 4 is 34.6 Å². The van der Waals surface area contributed by atoms with Crippen molar-refractivity contribution < 1.29 is 4.79 Å². The zero-order valence-electron chi connectivity index (χ0n) is 20.6. The molecular formula is C29H29N5OS. The monoisotopic (exact) mass is 495 g/mol. The molecule has 3 heterocycles. The van der Waals surface area contributed by atoms with Crippen LogP contribution in [-0.2, 0) is 4.79 Å². The van der Waals surface area contributed by atoms with Crippen molar-refractivity contribution in [1.29, 1.82) is 0 Å². The lowest BCUT2D eigenvalue weighted by atomic mass is 10.00. The highest BCUT2D eigenvalue weighted by Crippen LogP contribution is 2.42. The highest BCUT2D eigenvalue weighted by Gasteiger charge is 2.42. The Morgan fingerprint density at radius 3 is 2.50 bits per heavy atom. The van der Waals surface area contributed by atoms with Gasteiger partial charge in [0.2, 0.25) is 5.91 Å². The molecule has 4 aromatic rings. The fraction of sp³-hybridized carbons (Fsp3) is 0.207. The van der Waals surface area contributed by atoms with Gasteiger partial charge >= 0.3 is 0 Å². The minimum absolute atomic E-state index is 0.00627. The van der Waals surface area contributed by atoms with Crippen LogP contribution in [-0.4, -0.2) is 20.6 Å². The van der Waals surface area contributed by atoms with Gasteiger partial charge in [-0.2, -0.15) is 0 Å². The van der Waals surface area contributed by atoms with Crippen LogP contribution < -0.4 is 15.5 Å². The van der Waals surface area contributed by atoms with Crippen LogP contribution in [0.15, 0.2) is 85.2 Å². The van der Waals surface area contributed by atoms with E-state index in [-0.39, 0.29) is 18.0 Å². The largest absolute Gasteiger partial charge is 0.351 e. The summed E-state index contributed by atoms with van der Waals surface area (Å²) in [6.45, 7) is 5.94. The Kier molecular flexibility index (Phi) is 6.57. The van der Waals surface area contributed by atoms with Gasteiger partial charge in [-0.15, -0.1) is 0 Å². The fourth-order valence-corrected chi connectivity index (χ4v) is 5.03. The van der Waals surface area contributed by atoms with Crippen LogP contribution in [0.1, 0.15) is 47.9 Å². The molecule has 0 unspecified atom stereocenters. The first-order valence-corrected chi connectivity index (χ1v) is 12.5. The molecule has 1 aliphatic rings. The summed E-state index contributed by atoms with van der Waals surface area (Å²) < 4.78 is 2.21. The van der Waals surface area contributed by atoms with Gasteiger partial charge in [0.25, 0.3) is 0 Å². The topological polar surface area (TPSA) is 62.2 Å². The zero-order valence-corrected chi connectivity index (χ0v) is 21.4. The maximum Gasteiger partial charge on any atom is 0.224 e. The smallest absolute Gasteiger partial charge is 0.224 e. The van der Waals surface area contributed by atoms with E-state index in [9.17, 15) is 4.79 Å². The number of hydrogen-bond donors (Lipinski definition) is 2. The second-order valence-electron chi connectivity index (χ2n) is 9.04. The minimum Gasteiger partial charge on any atom is -0.351 e. The maximum absolute atomic E-state index is 12.0. The molecule has 5 rings (SSSR count). The Labute approximate surface area is 217 Å². The molecule has 7 heteroatoms. The van der Waals surface area contributed by atoms with E-state index < -0.39 is 0 Å². The summed E-state index contributed by atoms with van der Waals surface area (Å²) in [5.74, 6) is -0.00627. The number of benzene rings is 2. The lowest BCUT2D eigenvalue weighted by Gasteiger charge is -2.29. The van der Waals surface area contributed by atoms with Gasteiger partial charge in [0, 0.05) is 41.6 Å². The molecule has 0 radical (unpaired) electrons.